The summed E-state index contributed by atoms with van der Waals surface area (Å²) in [6.07, 6.45) is 0.800. The van der Waals surface area contributed by atoms with Crippen LogP contribution in [-0.2, 0) is 6.42 Å². The molecule has 0 aromatic heterocycles. The minimum atomic E-state index is -0.202. The summed E-state index contributed by atoms with van der Waals surface area (Å²) in [6.45, 7) is 5.02. The van der Waals surface area contributed by atoms with Gasteiger partial charge >= 0.3 is 0 Å². The molecule has 1 unspecified atom stereocenters. The van der Waals surface area contributed by atoms with Crippen molar-refractivity contribution in [2.24, 2.45) is 0 Å². The number of hydrogen-bond acceptors (Lipinski definition) is 2. The van der Waals surface area contributed by atoms with Crippen LogP contribution in [0.5, 0.6) is 5.75 Å². The van der Waals surface area contributed by atoms with Crippen molar-refractivity contribution >= 4 is 0 Å². The van der Waals surface area contributed by atoms with Crippen LogP contribution in [0.15, 0.2) is 42.5 Å². The van der Waals surface area contributed by atoms with Crippen LogP contribution in [0.2, 0.25) is 0 Å². The van der Waals surface area contributed by atoms with Gasteiger partial charge in [0.2, 0.25) is 0 Å². The Morgan fingerprint density at radius 3 is 2.48 bits per heavy atom. The van der Waals surface area contributed by atoms with Crippen LogP contribution < -0.4 is 10.1 Å². The summed E-state index contributed by atoms with van der Waals surface area (Å²) < 4.78 is 18.5. The Morgan fingerprint density at radius 2 is 1.86 bits per heavy atom. The fourth-order valence-corrected chi connectivity index (χ4v) is 2.52. The van der Waals surface area contributed by atoms with Crippen molar-refractivity contribution < 1.29 is 9.13 Å². The summed E-state index contributed by atoms with van der Waals surface area (Å²) >= 11 is 0. The standard InChI is InChI=1S/C18H22FNO/c1-4-20-17(12-14-6-8-15(19)9-7-14)16-11-13(2)5-10-18(16)21-3/h5-11,17,20H,4,12H2,1-3H3. The number of hydrogen-bond donors (Lipinski definition) is 1. The highest BCUT2D eigenvalue weighted by atomic mass is 19.1. The number of aryl methyl sites for hydroxylation is 1. The topological polar surface area (TPSA) is 21.3 Å². The SMILES string of the molecule is CCNC(Cc1ccc(F)cc1)c1cc(C)ccc1OC. The van der Waals surface area contributed by atoms with E-state index >= 15 is 0 Å². The number of methoxy groups -OCH3 is 1. The van der Waals surface area contributed by atoms with Crippen LogP contribution >= 0.6 is 0 Å². The summed E-state index contributed by atoms with van der Waals surface area (Å²) in [5.74, 6) is 0.681. The molecule has 3 heteroatoms. The van der Waals surface area contributed by atoms with Gasteiger partial charge in [-0.1, -0.05) is 36.8 Å². The zero-order valence-corrected chi connectivity index (χ0v) is 12.8. The molecule has 2 aromatic carbocycles. The molecule has 0 saturated carbocycles. The van der Waals surface area contributed by atoms with Gasteiger partial charge in [-0.25, -0.2) is 4.39 Å². The second kappa shape index (κ2) is 7.23. The summed E-state index contributed by atoms with van der Waals surface area (Å²) in [5.41, 5.74) is 3.45. The van der Waals surface area contributed by atoms with Gasteiger partial charge < -0.3 is 10.1 Å². The fraction of sp³-hybridized carbons (Fsp3) is 0.333. The van der Waals surface area contributed by atoms with Crippen molar-refractivity contribution in [2.45, 2.75) is 26.3 Å². The van der Waals surface area contributed by atoms with E-state index in [1.54, 1.807) is 7.11 Å². The van der Waals surface area contributed by atoms with Crippen LogP contribution in [-0.4, -0.2) is 13.7 Å². The van der Waals surface area contributed by atoms with Crippen molar-refractivity contribution in [2.75, 3.05) is 13.7 Å². The van der Waals surface area contributed by atoms with Gasteiger partial charge in [0.25, 0.3) is 0 Å². The average Bonchev–Trinajstić information content (AvgIpc) is 2.49. The summed E-state index contributed by atoms with van der Waals surface area (Å²) in [7, 11) is 1.69. The monoisotopic (exact) mass is 287 g/mol. The maximum atomic E-state index is 13.0. The number of rotatable bonds is 6. The van der Waals surface area contributed by atoms with Crippen molar-refractivity contribution in [3.63, 3.8) is 0 Å². The quantitative estimate of drug-likeness (QED) is 0.866. The van der Waals surface area contributed by atoms with Crippen LogP contribution in [0.3, 0.4) is 0 Å². The highest BCUT2D eigenvalue weighted by Gasteiger charge is 2.16. The highest BCUT2D eigenvalue weighted by Crippen LogP contribution is 2.28. The lowest BCUT2D eigenvalue weighted by Gasteiger charge is -2.21. The molecule has 112 valence electrons. The van der Waals surface area contributed by atoms with E-state index in [1.807, 2.05) is 24.3 Å². The third kappa shape index (κ3) is 4.05. The number of halogens is 1. The molecular formula is C18H22FNO. The Labute approximate surface area is 126 Å². The van der Waals surface area contributed by atoms with Crippen LogP contribution in [0, 0.1) is 12.7 Å². The first-order chi connectivity index (χ1) is 10.1. The third-order valence-electron chi connectivity index (χ3n) is 3.56. The lowest BCUT2D eigenvalue weighted by molar-refractivity contribution is 0.399. The average molecular weight is 287 g/mol. The molecule has 0 bridgehead atoms. The van der Waals surface area contributed by atoms with Crippen molar-refractivity contribution in [1.29, 1.82) is 0 Å². The van der Waals surface area contributed by atoms with Gasteiger partial charge in [-0.15, -0.1) is 0 Å². The normalized spacial score (nSPS) is 12.2. The molecule has 2 aromatic rings. The predicted molar refractivity (Wildman–Crippen MR) is 84.3 cm³/mol. The molecule has 1 atom stereocenters. The molecule has 0 aliphatic rings. The second-order valence-corrected chi connectivity index (χ2v) is 5.19. The first kappa shape index (κ1) is 15.5. The smallest absolute Gasteiger partial charge is 0.123 e. The third-order valence-corrected chi connectivity index (χ3v) is 3.56. The first-order valence-corrected chi connectivity index (χ1v) is 7.26. The lowest BCUT2D eigenvalue weighted by atomic mass is 9.96. The van der Waals surface area contributed by atoms with Crippen LogP contribution in [0.1, 0.15) is 29.7 Å². The van der Waals surface area contributed by atoms with Gasteiger partial charge in [-0.3, -0.25) is 0 Å². The number of benzene rings is 2. The molecule has 0 spiro atoms. The van der Waals surface area contributed by atoms with E-state index in [4.69, 9.17) is 4.74 Å². The summed E-state index contributed by atoms with van der Waals surface area (Å²) in [5, 5.41) is 3.49. The molecular weight excluding hydrogens is 265 g/mol. The first-order valence-electron chi connectivity index (χ1n) is 7.26. The maximum Gasteiger partial charge on any atom is 0.123 e. The van der Waals surface area contributed by atoms with Gasteiger partial charge in [0, 0.05) is 11.6 Å². The molecule has 2 rings (SSSR count). The molecule has 1 N–H and O–H groups in total. The lowest BCUT2D eigenvalue weighted by Crippen LogP contribution is -2.23. The van der Waals surface area contributed by atoms with E-state index in [2.05, 4.69) is 25.2 Å². The zero-order valence-electron chi connectivity index (χ0n) is 12.8. The minimum absolute atomic E-state index is 0.148. The summed E-state index contributed by atoms with van der Waals surface area (Å²) in [6, 6.07) is 13.0. The molecule has 0 heterocycles. The predicted octanol–water partition coefficient (Wildman–Crippen LogP) is 4.04. The van der Waals surface area contributed by atoms with E-state index in [1.165, 1.54) is 17.7 Å². The Hall–Kier alpha value is -1.87. The Balaban J connectivity index is 2.30. The van der Waals surface area contributed by atoms with Crippen molar-refractivity contribution in [3.8, 4) is 5.75 Å². The zero-order chi connectivity index (χ0) is 15.2. The van der Waals surface area contributed by atoms with Crippen molar-refractivity contribution in [3.05, 3.63) is 65.0 Å². The Bertz CT molecular complexity index is 580. The second-order valence-electron chi connectivity index (χ2n) is 5.19. The van der Waals surface area contributed by atoms with Crippen LogP contribution in [0.25, 0.3) is 0 Å². The maximum absolute atomic E-state index is 13.0. The summed E-state index contributed by atoms with van der Waals surface area (Å²) in [4.78, 5) is 0. The molecule has 0 aliphatic carbocycles. The van der Waals surface area contributed by atoms with Gasteiger partial charge in [0.1, 0.15) is 11.6 Å². The van der Waals surface area contributed by atoms with Gasteiger partial charge in [0.05, 0.1) is 7.11 Å². The van der Waals surface area contributed by atoms with E-state index in [-0.39, 0.29) is 11.9 Å². The van der Waals surface area contributed by atoms with E-state index in [0.29, 0.717) is 0 Å². The molecule has 0 saturated heterocycles. The molecule has 0 aliphatic heterocycles. The van der Waals surface area contributed by atoms with Gasteiger partial charge in [-0.2, -0.15) is 0 Å². The molecule has 0 radical (unpaired) electrons. The van der Waals surface area contributed by atoms with E-state index in [0.717, 1.165) is 29.8 Å². The van der Waals surface area contributed by atoms with Crippen LogP contribution in [0.4, 0.5) is 4.39 Å². The Kier molecular flexibility index (Phi) is 5.34. The minimum Gasteiger partial charge on any atom is -0.496 e. The number of likely N-dealkylation sites (N-methyl/N-ethyl adjacent to an activating group) is 1. The molecule has 0 fully saturated rings. The Morgan fingerprint density at radius 1 is 1.14 bits per heavy atom. The fourth-order valence-electron chi connectivity index (χ4n) is 2.52. The number of ether oxygens (including phenoxy) is 1. The van der Waals surface area contributed by atoms with E-state index in [9.17, 15) is 4.39 Å². The highest BCUT2D eigenvalue weighted by molar-refractivity contribution is 5.40. The van der Waals surface area contributed by atoms with E-state index < -0.39 is 0 Å². The van der Waals surface area contributed by atoms with Gasteiger partial charge in [0.15, 0.2) is 0 Å². The largest absolute Gasteiger partial charge is 0.496 e. The molecule has 2 nitrogen and oxygen atoms in total. The molecule has 21 heavy (non-hydrogen) atoms. The number of nitrogens with one attached hydrogen (secondary N) is 1. The van der Waals surface area contributed by atoms with Gasteiger partial charge in [-0.05, 0) is 43.7 Å². The molecule has 0 amide bonds. The van der Waals surface area contributed by atoms with Crippen molar-refractivity contribution in [1.82, 2.24) is 5.32 Å².